The summed E-state index contributed by atoms with van der Waals surface area (Å²) in [6.45, 7) is 10.6. The highest BCUT2D eigenvalue weighted by Gasteiger charge is 2.48. The molecule has 3 atom stereocenters. The van der Waals surface area contributed by atoms with E-state index in [1.165, 1.54) is 19.3 Å². The Morgan fingerprint density at radius 1 is 1.41 bits per heavy atom. The maximum absolute atomic E-state index is 5.74. The lowest BCUT2D eigenvalue weighted by molar-refractivity contribution is -0.114. The summed E-state index contributed by atoms with van der Waals surface area (Å²) < 4.78 is 11.1. The highest BCUT2D eigenvalue weighted by Crippen LogP contribution is 2.42. The van der Waals surface area contributed by atoms with Crippen LogP contribution in [0.2, 0.25) is 0 Å². The third kappa shape index (κ3) is 3.01. The first kappa shape index (κ1) is 13.3. The van der Waals surface area contributed by atoms with Crippen LogP contribution in [0.3, 0.4) is 0 Å². The predicted octanol–water partition coefficient (Wildman–Crippen LogP) is 2.21. The van der Waals surface area contributed by atoms with Gasteiger partial charge in [-0.25, -0.2) is 0 Å². The van der Waals surface area contributed by atoms with Crippen molar-refractivity contribution in [3.63, 3.8) is 0 Å². The Labute approximate surface area is 105 Å². The second kappa shape index (κ2) is 5.68. The smallest absolute Gasteiger partial charge is 0.0655 e. The molecule has 3 nitrogen and oxygen atoms in total. The molecule has 0 bridgehead atoms. The monoisotopic (exact) mass is 241 g/mol. The Balaban J connectivity index is 1.63. The van der Waals surface area contributed by atoms with E-state index in [0.717, 1.165) is 32.3 Å². The maximum atomic E-state index is 5.74. The van der Waals surface area contributed by atoms with Crippen molar-refractivity contribution in [1.82, 2.24) is 5.32 Å². The normalized spacial score (nSPS) is 35.8. The molecule has 2 aliphatic rings. The summed E-state index contributed by atoms with van der Waals surface area (Å²) >= 11 is 0. The van der Waals surface area contributed by atoms with Gasteiger partial charge in [0.05, 0.1) is 6.10 Å². The molecule has 0 aromatic carbocycles. The highest BCUT2D eigenvalue weighted by atomic mass is 16.5. The molecule has 0 radical (unpaired) electrons. The molecule has 1 aliphatic heterocycles. The molecular weight excluding hydrogens is 214 g/mol. The van der Waals surface area contributed by atoms with Crippen molar-refractivity contribution >= 4 is 0 Å². The second-order valence-corrected chi connectivity index (χ2v) is 6.03. The van der Waals surface area contributed by atoms with Gasteiger partial charge in [-0.3, -0.25) is 0 Å². The van der Waals surface area contributed by atoms with E-state index in [-0.39, 0.29) is 0 Å². The van der Waals surface area contributed by atoms with Crippen LogP contribution < -0.4 is 5.32 Å². The number of rotatable bonds is 6. The van der Waals surface area contributed by atoms with Gasteiger partial charge in [-0.05, 0) is 38.6 Å². The van der Waals surface area contributed by atoms with E-state index < -0.39 is 0 Å². The molecule has 1 N–H and O–H groups in total. The molecule has 2 fully saturated rings. The van der Waals surface area contributed by atoms with E-state index in [0.29, 0.717) is 17.6 Å². The molecule has 0 amide bonds. The summed E-state index contributed by atoms with van der Waals surface area (Å²) in [5.74, 6) is 0.786. The van der Waals surface area contributed by atoms with Crippen LogP contribution in [0.1, 0.15) is 40.0 Å². The number of nitrogens with one attached hydrogen (secondary N) is 1. The van der Waals surface area contributed by atoms with E-state index in [9.17, 15) is 0 Å². The first-order chi connectivity index (χ1) is 8.14. The zero-order valence-electron chi connectivity index (χ0n) is 11.5. The molecule has 3 heteroatoms. The van der Waals surface area contributed by atoms with Crippen molar-refractivity contribution in [3.8, 4) is 0 Å². The average molecular weight is 241 g/mol. The lowest BCUT2D eigenvalue weighted by Gasteiger charge is -2.52. The molecule has 1 heterocycles. The standard InChI is InChI=1S/C14H27NO2/c1-4-17-13-9-12(14(13,2)3)15-7-5-11-6-8-16-10-11/h11-13,15H,4-10H2,1-3H3. The molecule has 3 unspecified atom stereocenters. The largest absolute Gasteiger partial charge is 0.381 e. The Kier molecular flexibility index (Phi) is 4.45. The topological polar surface area (TPSA) is 30.5 Å². The van der Waals surface area contributed by atoms with Crippen LogP contribution >= 0.6 is 0 Å². The summed E-state index contributed by atoms with van der Waals surface area (Å²) in [5.41, 5.74) is 0.294. The van der Waals surface area contributed by atoms with Gasteiger partial charge in [0, 0.05) is 31.3 Å². The van der Waals surface area contributed by atoms with Gasteiger partial charge >= 0.3 is 0 Å². The van der Waals surface area contributed by atoms with Crippen LogP contribution in [0, 0.1) is 11.3 Å². The van der Waals surface area contributed by atoms with Crippen molar-refractivity contribution in [1.29, 1.82) is 0 Å². The summed E-state index contributed by atoms with van der Waals surface area (Å²) in [6.07, 6.45) is 4.12. The van der Waals surface area contributed by atoms with Crippen LogP contribution in [0.4, 0.5) is 0 Å². The fraction of sp³-hybridized carbons (Fsp3) is 1.00. The minimum Gasteiger partial charge on any atom is -0.381 e. The maximum Gasteiger partial charge on any atom is 0.0655 e. The average Bonchev–Trinajstić information content (AvgIpc) is 2.80. The minimum atomic E-state index is 0.294. The zero-order valence-corrected chi connectivity index (χ0v) is 11.5. The molecule has 17 heavy (non-hydrogen) atoms. The number of ether oxygens (including phenoxy) is 2. The number of hydrogen-bond acceptors (Lipinski definition) is 3. The Bertz CT molecular complexity index is 236. The first-order valence-corrected chi connectivity index (χ1v) is 7.07. The van der Waals surface area contributed by atoms with Gasteiger partial charge in [0.15, 0.2) is 0 Å². The van der Waals surface area contributed by atoms with E-state index in [4.69, 9.17) is 9.47 Å². The third-order valence-corrected chi connectivity index (χ3v) is 4.51. The van der Waals surface area contributed by atoms with Crippen LogP contribution in [0.15, 0.2) is 0 Å². The van der Waals surface area contributed by atoms with Crippen LogP contribution in [-0.4, -0.2) is 38.5 Å². The molecular formula is C14H27NO2. The zero-order chi connectivity index (χ0) is 12.3. The van der Waals surface area contributed by atoms with E-state index in [1.807, 2.05) is 0 Å². The van der Waals surface area contributed by atoms with Crippen LogP contribution in [0.5, 0.6) is 0 Å². The Morgan fingerprint density at radius 3 is 2.82 bits per heavy atom. The summed E-state index contributed by atoms with van der Waals surface area (Å²) in [6, 6.07) is 0.626. The fourth-order valence-electron chi connectivity index (χ4n) is 2.99. The molecule has 1 saturated heterocycles. The van der Waals surface area contributed by atoms with Gasteiger partial charge in [-0.15, -0.1) is 0 Å². The molecule has 100 valence electrons. The van der Waals surface area contributed by atoms with Gasteiger partial charge in [0.1, 0.15) is 0 Å². The summed E-state index contributed by atoms with van der Waals surface area (Å²) in [7, 11) is 0. The lowest BCUT2D eigenvalue weighted by Crippen LogP contribution is -2.61. The molecule has 2 rings (SSSR count). The van der Waals surface area contributed by atoms with E-state index >= 15 is 0 Å². The van der Waals surface area contributed by atoms with Gasteiger partial charge in [-0.2, -0.15) is 0 Å². The van der Waals surface area contributed by atoms with Crippen molar-refractivity contribution in [2.45, 2.75) is 52.2 Å². The van der Waals surface area contributed by atoms with Crippen LogP contribution in [-0.2, 0) is 9.47 Å². The first-order valence-electron chi connectivity index (χ1n) is 7.07. The molecule has 1 saturated carbocycles. The van der Waals surface area contributed by atoms with Crippen molar-refractivity contribution in [2.75, 3.05) is 26.4 Å². The quantitative estimate of drug-likeness (QED) is 0.773. The highest BCUT2D eigenvalue weighted by molar-refractivity contribution is 5.02. The second-order valence-electron chi connectivity index (χ2n) is 6.03. The van der Waals surface area contributed by atoms with Crippen molar-refractivity contribution < 1.29 is 9.47 Å². The van der Waals surface area contributed by atoms with Gasteiger partial charge in [0.2, 0.25) is 0 Å². The van der Waals surface area contributed by atoms with Crippen LogP contribution in [0.25, 0.3) is 0 Å². The minimum absolute atomic E-state index is 0.294. The fourth-order valence-corrected chi connectivity index (χ4v) is 2.99. The van der Waals surface area contributed by atoms with Gasteiger partial charge < -0.3 is 14.8 Å². The molecule has 0 aromatic heterocycles. The van der Waals surface area contributed by atoms with Crippen molar-refractivity contribution in [3.05, 3.63) is 0 Å². The summed E-state index contributed by atoms with van der Waals surface area (Å²) in [4.78, 5) is 0. The Morgan fingerprint density at radius 2 is 2.24 bits per heavy atom. The van der Waals surface area contributed by atoms with E-state index in [2.05, 4.69) is 26.1 Å². The summed E-state index contributed by atoms with van der Waals surface area (Å²) in [5, 5.41) is 3.69. The van der Waals surface area contributed by atoms with E-state index in [1.54, 1.807) is 0 Å². The molecule has 0 aromatic rings. The van der Waals surface area contributed by atoms with Crippen molar-refractivity contribution in [2.24, 2.45) is 11.3 Å². The molecule has 1 aliphatic carbocycles. The lowest BCUT2D eigenvalue weighted by atomic mass is 9.64. The Hall–Kier alpha value is -0.120. The predicted molar refractivity (Wildman–Crippen MR) is 69.1 cm³/mol. The van der Waals surface area contributed by atoms with Gasteiger partial charge in [-0.1, -0.05) is 13.8 Å². The van der Waals surface area contributed by atoms with Gasteiger partial charge in [0.25, 0.3) is 0 Å². The number of hydrogen-bond donors (Lipinski definition) is 1. The third-order valence-electron chi connectivity index (χ3n) is 4.51. The SMILES string of the molecule is CCOC1CC(NCCC2CCOC2)C1(C)C. The molecule has 0 spiro atoms.